The van der Waals surface area contributed by atoms with E-state index in [0.717, 1.165) is 21.4 Å². The van der Waals surface area contributed by atoms with E-state index in [-0.39, 0.29) is 13.0 Å². The van der Waals surface area contributed by atoms with E-state index in [0.29, 0.717) is 11.1 Å². The summed E-state index contributed by atoms with van der Waals surface area (Å²) in [5, 5.41) is 20.0. The predicted octanol–water partition coefficient (Wildman–Crippen LogP) is 2.20. The number of nitrogens with one attached hydrogen (secondary N) is 1. The molecule has 0 aliphatic carbocycles. The van der Waals surface area contributed by atoms with E-state index in [1.165, 1.54) is 23.1 Å². The van der Waals surface area contributed by atoms with Crippen molar-refractivity contribution in [1.29, 1.82) is 0 Å². The first-order valence-corrected chi connectivity index (χ1v) is 9.99. The molecular weight excluding hydrogens is 410 g/mol. The lowest BCUT2D eigenvalue weighted by Crippen LogP contribution is -2.37. The number of nitrogens with zero attached hydrogens (tertiary/aromatic N) is 4. The van der Waals surface area contributed by atoms with Gasteiger partial charge in [0.15, 0.2) is 0 Å². The van der Waals surface area contributed by atoms with Crippen LogP contribution in [0.2, 0.25) is 0 Å². The first-order chi connectivity index (χ1) is 15.4. The molecule has 4 aromatic rings. The number of carboxylic acids is 1. The summed E-state index contributed by atoms with van der Waals surface area (Å²) >= 11 is 0. The SMILES string of the molecule is Cc1ccccc1-c1cccc([C@H](CC(=O)O)NC(=O)Cn2ncn3nccc3c2=O)c1. The number of amides is 1. The second kappa shape index (κ2) is 8.84. The minimum absolute atomic E-state index is 0.292. The Balaban J connectivity index is 1.58. The summed E-state index contributed by atoms with van der Waals surface area (Å²) in [5.74, 6) is -1.57. The van der Waals surface area contributed by atoms with E-state index < -0.39 is 23.5 Å². The van der Waals surface area contributed by atoms with Gasteiger partial charge in [-0.25, -0.2) is 9.20 Å². The topological polar surface area (TPSA) is 119 Å². The van der Waals surface area contributed by atoms with E-state index in [4.69, 9.17) is 0 Å². The third-order valence-corrected chi connectivity index (χ3v) is 5.18. The molecule has 0 unspecified atom stereocenters. The molecule has 0 fully saturated rings. The van der Waals surface area contributed by atoms with Crippen LogP contribution in [0.4, 0.5) is 0 Å². The zero-order valence-corrected chi connectivity index (χ0v) is 17.3. The molecule has 0 saturated carbocycles. The molecule has 2 aromatic heterocycles. The molecule has 1 amide bonds. The van der Waals surface area contributed by atoms with Gasteiger partial charge in [-0.3, -0.25) is 14.4 Å². The normalized spacial score (nSPS) is 11.9. The van der Waals surface area contributed by atoms with E-state index in [2.05, 4.69) is 15.5 Å². The number of carbonyl (C=O) groups excluding carboxylic acids is 1. The predicted molar refractivity (Wildman–Crippen MR) is 117 cm³/mol. The van der Waals surface area contributed by atoms with Crippen molar-refractivity contribution in [2.75, 3.05) is 0 Å². The lowest BCUT2D eigenvalue weighted by molar-refractivity contribution is -0.137. The van der Waals surface area contributed by atoms with Crippen LogP contribution < -0.4 is 10.9 Å². The largest absolute Gasteiger partial charge is 0.481 e. The molecule has 2 heterocycles. The quantitative estimate of drug-likeness (QED) is 0.463. The molecule has 0 aliphatic heterocycles. The Hall–Kier alpha value is -4.27. The Morgan fingerprint density at radius 2 is 1.91 bits per heavy atom. The molecule has 0 radical (unpaired) electrons. The lowest BCUT2D eigenvalue weighted by atomic mass is 9.95. The smallest absolute Gasteiger partial charge is 0.305 e. The average molecular weight is 431 g/mol. The maximum absolute atomic E-state index is 12.7. The van der Waals surface area contributed by atoms with Gasteiger partial charge in [0.1, 0.15) is 18.4 Å². The van der Waals surface area contributed by atoms with Gasteiger partial charge < -0.3 is 10.4 Å². The standard InChI is InChI=1S/C23H21N5O4/c1-15-5-2-3-8-18(15)16-6-4-7-17(11-16)19(12-22(30)31)26-21(29)13-27-23(32)20-9-10-24-28(20)14-25-27/h2-11,14,19H,12-13H2,1H3,(H,26,29)(H,30,31)/t19-/m0/s1. The molecule has 32 heavy (non-hydrogen) atoms. The highest BCUT2D eigenvalue weighted by Crippen LogP contribution is 2.27. The van der Waals surface area contributed by atoms with Crippen molar-refractivity contribution in [3.8, 4) is 11.1 Å². The zero-order chi connectivity index (χ0) is 22.7. The fourth-order valence-corrected chi connectivity index (χ4v) is 3.61. The van der Waals surface area contributed by atoms with Gasteiger partial charge in [0, 0.05) is 0 Å². The first kappa shape index (κ1) is 21.0. The second-order valence-corrected chi connectivity index (χ2v) is 7.41. The average Bonchev–Trinajstić information content (AvgIpc) is 3.25. The van der Waals surface area contributed by atoms with Gasteiger partial charge in [0.05, 0.1) is 18.7 Å². The molecular formula is C23H21N5O4. The van der Waals surface area contributed by atoms with Crippen LogP contribution in [0.25, 0.3) is 16.6 Å². The van der Waals surface area contributed by atoms with Crippen LogP contribution in [0.15, 0.2) is 71.9 Å². The van der Waals surface area contributed by atoms with Gasteiger partial charge in [0.25, 0.3) is 5.56 Å². The van der Waals surface area contributed by atoms with Crippen molar-refractivity contribution in [3.63, 3.8) is 0 Å². The Labute approximate surface area is 182 Å². The fraction of sp³-hybridized carbons (Fsp3) is 0.174. The summed E-state index contributed by atoms with van der Waals surface area (Å²) < 4.78 is 2.34. The third-order valence-electron chi connectivity index (χ3n) is 5.18. The molecule has 2 aromatic carbocycles. The number of rotatable bonds is 7. The molecule has 0 saturated heterocycles. The highest BCUT2D eigenvalue weighted by atomic mass is 16.4. The number of aryl methyl sites for hydroxylation is 1. The van der Waals surface area contributed by atoms with Crippen LogP contribution in [0.3, 0.4) is 0 Å². The Bertz CT molecular complexity index is 1360. The summed E-state index contributed by atoms with van der Waals surface area (Å²) in [6, 6.07) is 16.1. The molecule has 9 heteroatoms. The number of benzene rings is 2. The molecule has 9 nitrogen and oxygen atoms in total. The maximum Gasteiger partial charge on any atom is 0.305 e. The molecule has 0 aliphatic rings. The number of hydrogen-bond donors (Lipinski definition) is 2. The van der Waals surface area contributed by atoms with Gasteiger partial charge in [-0.1, -0.05) is 42.5 Å². The Kier molecular flexibility index (Phi) is 5.80. The van der Waals surface area contributed by atoms with Crippen LogP contribution >= 0.6 is 0 Å². The maximum atomic E-state index is 12.7. The minimum Gasteiger partial charge on any atom is -0.481 e. The number of carbonyl (C=O) groups is 2. The zero-order valence-electron chi connectivity index (χ0n) is 17.3. The minimum atomic E-state index is -1.05. The number of carboxylic acid groups (broad SMARTS) is 1. The van der Waals surface area contributed by atoms with Crippen LogP contribution in [0.1, 0.15) is 23.6 Å². The number of aliphatic carboxylic acids is 1. The summed E-state index contributed by atoms with van der Waals surface area (Å²) in [6.45, 7) is 1.66. The Morgan fingerprint density at radius 1 is 1.09 bits per heavy atom. The molecule has 162 valence electrons. The van der Waals surface area contributed by atoms with Crippen molar-refractivity contribution >= 4 is 17.4 Å². The molecule has 0 bridgehead atoms. The van der Waals surface area contributed by atoms with E-state index in [9.17, 15) is 19.5 Å². The van der Waals surface area contributed by atoms with Gasteiger partial charge in [-0.15, -0.1) is 0 Å². The summed E-state index contributed by atoms with van der Waals surface area (Å²) in [6.07, 6.45) is 2.50. The van der Waals surface area contributed by atoms with E-state index in [1.807, 2.05) is 49.4 Å². The second-order valence-electron chi connectivity index (χ2n) is 7.41. The summed E-state index contributed by atoms with van der Waals surface area (Å²) in [7, 11) is 0. The number of hydrogen-bond acceptors (Lipinski definition) is 5. The van der Waals surface area contributed by atoms with Crippen molar-refractivity contribution in [3.05, 3.63) is 88.6 Å². The van der Waals surface area contributed by atoms with Gasteiger partial charge in [0.2, 0.25) is 5.91 Å². The molecule has 4 rings (SSSR count). The molecule has 1 atom stereocenters. The molecule has 2 N–H and O–H groups in total. The van der Waals surface area contributed by atoms with Gasteiger partial charge >= 0.3 is 5.97 Å². The highest BCUT2D eigenvalue weighted by molar-refractivity contribution is 5.78. The van der Waals surface area contributed by atoms with Crippen LogP contribution in [0, 0.1) is 6.92 Å². The number of fused-ring (bicyclic) bond motifs is 1. The number of aromatic nitrogens is 4. The van der Waals surface area contributed by atoms with Crippen molar-refractivity contribution in [2.24, 2.45) is 0 Å². The van der Waals surface area contributed by atoms with Gasteiger partial charge in [-0.2, -0.15) is 10.2 Å². The molecule has 0 spiro atoms. The van der Waals surface area contributed by atoms with Crippen LogP contribution in [-0.2, 0) is 16.1 Å². The fourth-order valence-electron chi connectivity index (χ4n) is 3.61. The van der Waals surface area contributed by atoms with Crippen molar-refractivity contribution in [1.82, 2.24) is 24.7 Å². The van der Waals surface area contributed by atoms with Crippen molar-refractivity contribution in [2.45, 2.75) is 25.9 Å². The van der Waals surface area contributed by atoms with E-state index in [1.54, 1.807) is 6.07 Å². The lowest BCUT2D eigenvalue weighted by Gasteiger charge is -2.19. The monoisotopic (exact) mass is 431 g/mol. The summed E-state index contributed by atoms with van der Waals surface area (Å²) in [5.41, 5.74) is 3.53. The highest BCUT2D eigenvalue weighted by Gasteiger charge is 2.20. The van der Waals surface area contributed by atoms with Gasteiger partial charge in [-0.05, 0) is 41.3 Å². The third kappa shape index (κ3) is 4.41. The van der Waals surface area contributed by atoms with E-state index >= 15 is 0 Å². The first-order valence-electron chi connectivity index (χ1n) is 9.99. The Morgan fingerprint density at radius 3 is 2.69 bits per heavy atom. The summed E-state index contributed by atoms with van der Waals surface area (Å²) in [4.78, 5) is 36.6. The van der Waals surface area contributed by atoms with Crippen molar-refractivity contribution < 1.29 is 14.7 Å². The van der Waals surface area contributed by atoms with Crippen LogP contribution in [0.5, 0.6) is 0 Å². The van der Waals surface area contributed by atoms with Crippen LogP contribution in [-0.4, -0.2) is 36.4 Å².